The van der Waals surface area contributed by atoms with Crippen LogP contribution in [0, 0.1) is 11.7 Å². The molecule has 2 amide bonds. The standard InChI is InChI=1S/C16H16ClFN2O3/c17-12-3-1-2-11(14(12)18)15(22)19-8-16(9-19)6-13(21)20(23-16)7-10-4-5-10/h1-3,10H,4-9H2. The topological polar surface area (TPSA) is 49.9 Å². The van der Waals surface area contributed by atoms with E-state index < -0.39 is 17.3 Å². The summed E-state index contributed by atoms with van der Waals surface area (Å²) in [5.41, 5.74) is -0.678. The number of likely N-dealkylation sites (tertiary alicyclic amines) is 1. The molecule has 2 aliphatic heterocycles. The van der Waals surface area contributed by atoms with Gasteiger partial charge in [-0.25, -0.2) is 9.45 Å². The first-order valence-corrected chi connectivity index (χ1v) is 8.08. The summed E-state index contributed by atoms with van der Waals surface area (Å²) in [7, 11) is 0. The van der Waals surface area contributed by atoms with Crippen molar-refractivity contribution in [3.8, 4) is 0 Å². The molecule has 1 saturated carbocycles. The van der Waals surface area contributed by atoms with Crippen LogP contribution in [-0.4, -0.2) is 47.0 Å². The highest BCUT2D eigenvalue weighted by Gasteiger charge is 2.55. The van der Waals surface area contributed by atoms with Crippen molar-refractivity contribution in [3.63, 3.8) is 0 Å². The lowest BCUT2D eigenvalue weighted by Gasteiger charge is -2.45. The van der Waals surface area contributed by atoms with Crippen molar-refractivity contribution < 1.29 is 18.8 Å². The Kier molecular flexibility index (Phi) is 3.35. The molecule has 2 heterocycles. The van der Waals surface area contributed by atoms with Crippen molar-refractivity contribution in [2.24, 2.45) is 5.92 Å². The van der Waals surface area contributed by atoms with Crippen molar-refractivity contribution in [2.45, 2.75) is 24.9 Å². The normalized spacial score (nSPS) is 22.6. The first-order valence-electron chi connectivity index (χ1n) is 7.70. The summed E-state index contributed by atoms with van der Waals surface area (Å²) in [5.74, 6) is -0.614. The van der Waals surface area contributed by atoms with E-state index in [4.69, 9.17) is 16.4 Å². The molecule has 1 aromatic carbocycles. The van der Waals surface area contributed by atoms with E-state index in [0.717, 1.165) is 12.8 Å². The highest BCUT2D eigenvalue weighted by atomic mass is 35.5. The zero-order chi connectivity index (χ0) is 16.2. The Labute approximate surface area is 137 Å². The number of amides is 2. The highest BCUT2D eigenvalue weighted by Crippen LogP contribution is 2.39. The number of carbonyl (C=O) groups excluding carboxylic acids is 2. The smallest absolute Gasteiger partial charge is 0.257 e. The highest BCUT2D eigenvalue weighted by molar-refractivity contribution is 6.31. The number of nitrogens with zero attached hydrogens (tertiary/aromatic N) is 2. The Balaban J connectivity index is 1.42. The predicted molar refractivity (Wildman–Crippen MR) is 80.2 cm³/mol. The summed E-state index contributed by atoms with van der Waals surface area (Å²) in [6.45, 7) is 1.23. The minimum Gasteiger partial charge on any atom is -0.332 e. The van der Waals surface area contributed by atoms with Crippen molar-refractivity contribution in [1.82, 2.24) is 9.96 Å². The average Bonchev–Trinajstić information content (AvgIpc) is 3.23. The van der Waals surface area contributed by atoms with E-state index in [-0.39, 0.29) is 22.9 Å². The lowest BCUT2D eigenvalue weighted by molar-refractivity contribution is -0.230. The van der Waals surface area contributed by atoms with Crippen LogP contribution in [0.5, 0.6) is 0 Å². The maximum atomic E-state index is 13.9. The fraction of sp³-hybridized carbons (Fsp3) is 0.500. The second-order valence-corrected chi connectivity index (χ2v) is 7.02. The van der Waals surface area contributed by atoms with Crippen LogP contribution in [0.15, 0.2) is 18.2 Å². The summed E-state index contributed by atoms with van der Waals surface area (Å²) < 4.78 is 13.9. The van der Waals surface area contributed by atoms with Crippen molar-refractivity contribution in [1.29, 1.82) is 0 Å². The zero-order valence-electron chi connectivity index (χ0n) is 12.4. The van der Waals surface area contributed by atoms with Crippen LogP contribution in [0.4, 0.5) is 4.39 Å². The van der Waals surface area contributed by atoms with E-state index in [2.05, 4.69) is 0 Å². The van der Waals surface area contributed by atoms with Gasteiger partial charge >= 0.3 is 0 Å². The van der Waals surface area contributed by atoms with E-state index >= 15 is 0 Å². The first-order chi connectivity index (χ1) is 11.0. The lowest BCUT2D eigenvalue weighted by atomic mass is 9.90. The quantitative estimate of drug-likeness (QED) is 0.849. The SMILES string of the molecule is O=C(c1cccc(Cl)c1F)N1CC2(CC(=O)N(CC3CC3)O2)C1. The van der Waals surface area contributed by atoms with Crippen molar-refractivity contribution in [2.75, 3.05) is 19.6 Å². The minimum atomic E-state index is -0.709. The van der Waals surface area contributed by atoms with Gasteiger partial charge in [-0.1, -0.05) is 17.7 Å². The minimum absolute atomic E-state index is 0.0297. The van der Waals surface area contributed by atoms with Crippen LogP contribution in [0.3, 0.4) is 0 Å². The molecule has 23 heavy (non-hydrogen) atoms. The second kappa shape index (κ2) is 5.18. The number of hydrogen-bond donors (Lipinski definition) is 0. The molecular formula is C16H16ClFN2O3. The molecular weight excluding hydrogens is 323 g/mol. The van der Waals surface area contributed by atoms with Gasteiger partial charge in [-0.3, -0.25) is 14.4 Å². The van der Waals surface area contributed by atoms with Gasteiger partial charge in [-0.15, -0.1) is 0 Å². The van der Waals surface area contributed by atoms with Gasteiger partial charge in [0.1, 0.15) is 5.60 Å². The summed E-state index contributed by atoms with van der Waals surface area (Å²) >= 11 is 5.72. The van der Waals surface area contributed by atoms with Gasteiger partial charge in [0.15, 0.2) is 5.82 Å². The van der Waals surface area contributed by atoms with E-state index in [9.17, 15) is 14.0 Å². The fourth-order valence-corrected chi connectivity index (χ4v) is 3.33. The molecule has 4 rings (SSSR count). The first kappa shape index (κ1) is 14.9. The summed E-state index contributed by atoms with van der Waals surface area (Å²) in [5, 5.41) is 1.37. The fourth-order valence-electron chi connectivity index (χ4n) is 3.16. The largest absolute Gasteiger partial charge is 0.332 e. The molecule has 0 bridgehead atoms. The van der Waals surface area contributed by atoms with Gasteiger partial charge in [0.25, 0.3) is 5.91 Å². The summed E-state index contributed by atoms with van der Waals surface area (Å²) in [6.07, 6.45) is 2.55. The lowest BCUT2D eigenvalue weighted by Crippen LogP contribution is -2.63. The van der Waals surface area contributed by atoms with Crippen molar-refractivity contribution in [3.05, 3.63) is 34.6 Å². The molecule has 1 aliphatic carbocycles. The Bertz CT molecular complexity index is 686. The zero-order valence-corrected chi connectivity index (χ0v) is 13.2. The molecule has 0 N–H and O–H groups in total. The van der Waals surface area contributed by atoms with Gasteiger partial charge in [-0.05, 0) is 30.9 Å². The van der Waals surface area contributed by atoms with Crippen LogP contribution < -0.4 is 0 Å². The van der Waals surface area contributed by atoms with Crippen LogP contribution in [0.25, 0.3) is 0 Å². The summed E-state index contributed by atoms with van der Waals surface area (Å²) in [6, 6.07) is 4.36. The molecule has 2 saturated heterocycles. The van der Waals surface area contributed by atoms with Crippen LogP contribution in [0.1, 0.15) is 29.6 Å². The molecule has 0 aromatic heterocycles. The molecule has 7 heteroatoms. The molecule has 0 radical (unpaired) electrons. The molecule has 3 fully saturated rings. The van der Waals surface area contributed by atoms with Crippen LogP contribution >= 0.6 is 11.6 Å². The monoisotopic (exact) mass is 338 g/mol. The Morgan fingerprint density at radius 1 is 1.39 bits per heavy atom. The van der Waals surface area contributed by atoms with E-state index in [1.807, 2.05) is 0 Å². The van der Waals surface area contributed by atoms with E-state index in [1.165, 1.54) is 22.1 Å². The third-order valence-corrected chi connectivity index (χ3v) is 4.90. The van der Waals surface area contributed by atoms with Gasteiger partial charge in [-0.2, -0.15) is 0 Å². The number of rotatable bonds is 3. The molecule has 0 unspecified atom stereocenters. The van der Waals surface area contributed by atoms with Gasteiger partial charge in [0, 0.05) is 0 Å². The van der Waals surface area contributed by atoms with E-state index in [0.29, 0.717) is 25.6 Å². The molecule has 3 aliphatic rings. The van der Waals surface area contributed by atoms with E-state index in [1.54, 1.807) is 6.07 Å². The molecule has 5 nitrogen and oxygen atoms in total. The van der Waals surface area contributed by atoms with Gasteiger partial charge in [0.2, 0.25) is 5.91 Å². The summed E-state index contributed by atoms with van der Waals surface area (Å²) in [4.78, 5) is 31.7. The van der Waals surface area contributed by atoms with Crippen LogP contribution in [-0.2, 0) is 9.63 Å². The molecule has 0 atom stereocenters. The second-order valence-electron chi connectivity index (χ2n) is 6.61. The molecule has 1 aromatic rings. The van der Waals surface area contributed by atoms with Crippen LogP contribution in [0.2, 0.25) is 5.02 Å². The number of hydroxylamine groups is 2. The number of carbonyl (C=O) groups is 2. The maximum Gasteiger partial charge on any atom is 0.257 e. The third kappa shape index (κ3) is 2.60. The van der Waals surface area contributed by atoms with Gasteiger partial charge < -0.3 is 4.90 Å². The third-order valence-electron chi connectivity index (χ3n) is 4.60. The molecule has 122 valence electrons. The number of hydrogen-bond acceptors (Lipinski definition) is 3. The van der Waals surface area contributed by atoms with Crippen molar-refractivity contribution >= 4 is 23.4 Å². The Morgan fingerprint density at radius 2 is 2.13 bits per heavy atom. The number of halogens is 2. The number of benzene rings is 1. The Morgan fingerprint density at radius 3 is 2.83 bits per heavy atom. The molecule has 1 spiro atoms. The maximum absolute atomic E-state index is 13.9. The predicted octanol–water partition coefficient (Wildman–Crippen LogP) is 2.25. The average molecular weight is 339 g/mol. The van der Waals surface area contributed by atoms with Gasteiger partial charge in [0.05, 0.1) is 36.6 Å². The Hall–Kier alpha value is -1.66.